The molecule has 5 heteroatoms. The Morgan fingerprint density at radius 1 is 1.53 bits per heavy atom. The molecule has 3 nitrogen and oxygen atoms in total. The van der Waals surface area contributed by atoms with Crippen LogP contribution in [-0.4, -0.2) is 30.9 Å². The lowest BCUT2D eigenvalue weighted by atomic mass is 10.1. The molecule has 0 spiro atoms. The Labute approximate surface area is 105 Å². The van der Waals surface area contributed by atoms with E-state index in [0.717, 1.165) is 0 Å². The minimum Gasteiger partial charge on any atom is -0.342 e. The normalized spacial score (nSPS) is 10.4. The molecule has 0 unspecified atom stereocenters. The summed E-state index contributed by atoms with van der Waals surface area (Å²) in [6, 6.07) is 2.64. The Morgan fingerprint density at radius 3 is 2.76 bits per heavy atom. The second-order valence-corrected chi connectivity index (χ2v) is 4.36. The molecule has 1 aromatic carbocycles. The molecule has 0 bridgehead atoms. The molecule has 94 valence electrons. The summed E-state index contributed by atoms with van der Waals surface area (Å²) in [5, 5.41) is 0.272. The average molecular weight is 259 g/mol. The van der Waals surface area contributed by atoms with Gasteiger partial charge >= 0.3 is 0 Å². The van der Waals surface area contributed by atoms with E-state index in [1.165, 1.54) is 17.0 Å². The van der Waals surface area contributed by atoms with Crippen molar-refractivity contribution in [3.63, 3.8) is 0 Å². The molecule has 0 aromatic heterocycles. The van der Waals surface area contributed by atoms with Crippen LogP contribution in [0.1, 0.15) is 22.3 Å². The maximum atomic E-state index is 13.4. The molecular weight excluding hydrogens is 243 g/mol. The van der Waals surface area contributed by atoms with Gasteiger partial charge in [0.1, 0.15) is 5.82 Å². The molecule has 0 aliphatic carbocycles. The second kappa shape index (κ2) is 5.98. The lowest BCUT2D eigenvalue weighted by molar-refractivity contribution is 0.0794. The van der Waals surface area contributed by atoms with Crippen molar-refractivity contribution in [2.75, 3.05) is 20.1 Å². The van der Waals surface area contributed by atoms with Gasteiger partial charge in [-0.25, -0.2) is 4.39 Å². The van der Waals surface area contributed by atoms with Gasteiger partial charge in [-0.2, -0.15) is 0 Å². The zero-order valence-electron chi connectivity index (χ0n) is 9.96. The first-order chi connectivity index (χ1) is 7.97. The third-order valence-corrected chi connectivity index (χ3v) is 2.84. The first-order valence-corrected chi connectivity index (χ1v) is 5.76. The summed E-state index contributed by atoms with van der Waals surface area (Å²) in [6.45, 7) is 2.64. The van der Waals surface area contributed by atoms with E-state index in [1.807, 2.05) is 0 Å². The molecule has 0 aliphatic heterocycles. The molecule has 0 aliphatic rings. The summed E-state index contributed by atoms with van der Waals surface area (Å²) in [4.78, 5) is 13.5. The van der Waals surface area contributed by atoms with Crippen molar-refractivity contribution in [3.8, 4) is 0 Å². The Morgan fingerprint density at radius 2 is 2.18 bits per heavy atom. The molecule has 2 N–H and O–H groups in total. The Kier molecular flexibility index (Phi) is 4.90. The highest BCUT2D eigenvalue weighted by molar-refractivity contribution is 6.33. The summed E-state index contributed by atoms with van der Waals surface area (Å²) in [5.74, 6) is -0.715. The van der Waals surface area contributed by atoms with E-state index >= 15 is 0 Å². The maximum Gasteiger partial charge on any atom is 0.255 e. The molecule has 0 saturated carbocycles. The van der Waals surface area contributed by atoms with E-state index < -0.39 is 5.82 Å². The lowest BCUT2D eigenvalue weighted by Gasteiger charge is -2.17. The maximum absolute atomic E-state index is 13.4. The van der Waals surface area contributed by atoms with E-state index in [4.69, 9.17) is 17.3 Å². The Balaban J connectivity index is 2.92. The highest BCUT2D eigenvalue weighted by Crippen LogP contribution is 2.21. The summed E-state index contributed by atoms with van der Waals surface area (Å²) in [7, 11) is 1.64. The predicted octanol–water partition coefficient (Wildman–Crippen LogP) is 2.21. The molecule has 0 atom stereocenters. The fourth-order valence-electron chi connectivity index (χ4n) is 1.45. The number of nitrogens with two attached hydrogens (primary N) is 1. The number of rotatable bonds is 4. The molecule has 17 heavy (non-hydrogen) atoms. The minimum absolute atomic E-state index is 0.189. The molecule has 0 fully saturated rings. The van der Waals surface area contributed by atoms with E-state index in [9.17, 15) is 9.18 Å². The first kappa shape index (κ1) is 13.9. The fourth-order valence-corrected chi connectivity index (χ4v) is 1.74. The molecule has 0 radical (unpaired) electrons. The van der Waals surface area contributed by atoms with Crippen LogP contribution < -0.4 is 5.73 Å². The first-order valence-electron chi connectivity index (χ1n) is 5.38. The van der Waals surface area contributed by atoms with Crippen molar-refractivity contribution >= 4 is 17.5 Å². The van der Waals surface area contributed by atoms with Gasteiger partial charge in [-0.3, -0.25) is 4.79 Å². The topological polar surface area (TPSA) is 46.3 Å². The average Bonchev–Trinajstić information content (AvgIpc) is 2.29. The number of carbonyl (C=O) groups excluding carboxylic acids is 1. The summed E-state index contributed by atoms with van der Waals surface area (Å²) in [6.07, 6.45) is 0.703. The number of hydrogen-bond donors (Lipinski definition) is 1. The van der Waals surface area contributed by atoms with Crippen LogP contribution in [0.5, 0.6) is 0 Å². The van der Waals surface area contributed by atoms with Crippen molar-refractivity contribution in [1.29, 1.82) is 0 Å². The summed E-state index contributed by atoms with van der Waals surface area (Å²) < 4.78 is 13.4. The second-order valence-electron chi connectivity index (χ2n) is 3.95. The van der Waals surface area contributed by atoms with Crippen LogP contribution in [0.2, 0.25) is 5.02 Å². The molecule has 0 heterocycles. The predicted molar refractivity (Wildman–Crippen MR) is 66.8 cm³/mol. The fraction of sp³-hybridized carbons (Fsp3) is 0.417. The van der Waals surface area contributed by atoms with E-state index in [1.54, 1.807) is 14.0 Å². The number of halogens is 2. The van der Waals surface area contributed by atoms with Crippen LogP contribution in [0.4, 0.5) is 4.39 Å². The molecule has 0 saturated heterocycles. The van der Waals surface area contributed by atoms with Crippen molar-refractivity contribution < 1.29 is 9.18 Å². The molecule has 1 rings (SSSR count). The van der Waals surface area contributed by atoms with Crippen LogP contribution >= 0.6 is 11.6 Å². The quantitative estimate of drug-likeness (QED) is 0.900. The Bertz CT molecular complexity index is 423. The number of hydrogen-bond acceptors (Lipinski definition) is 2. The van der Waals surface area contributed by atoms with Gasteiger partial charge in [-0.15, -0.1) is 0 Å². The zero-order chi connectivity index (χ0) is 13.0. The number of aryl methyl sites for hydroxylation is 1. The van der Waals surface area contributed by atoms with Crippen molar-refractivity contribution in [3.05, 3.63) is 34.1 Å². The van der Waals surface area contributed by atoms with Gasteiger partial charge < -0.3 is 10.6 Å². The van der Waals surface area contributed by atoms with Crippen LogP contribution in [0.3, 0.4) is 0 Å². The van der Waals surface area contributed by atoms with Gasteiger partial charge in [-0.1, -0.05) is 11.6 Å². The van der Waals surface area contributed by atoms with Crippen molar-refractivity contribution in [2.45, 2.75) is 13.3 Å². The van der Waals surface area contributed by atoms with Gasteiger partial charge in [0.05, 0.1) is 10.6 Å². The third kappa shape index (κ3) is 3.41. The van der Waals surface area contributed by atoms with Crippen molar-refractivity contribution in [2.24, 2.45) is 5.73 Å². The Hall–Kier alpha value is -1.13. The van der Waals surface area contributed by atoms with Crippen LogP contribution in [0, 0.1) is 12.7 Å². The highest BCUT2D eigenvalue weighted by atomic mass is 35.5. The third-order valence-electron chi connectivity index (χ3n) is 2.52. The van der Waals surface area contributed by atoms with E-state index in [2.05, 4.69) is 0 Å². The van der Waals surface area contributed by atoms with Crippen LogP contribution in [-0.2, 0) is 0 Å². The smallest absolute Gasteiger partial charge is 0.255 e. The van der Waals surface area contributed by atoms with Gasteiger partial charge in [0.15, 0.2) is 0 Å². The number of benzene rings is 1. The molecular formula is C12H16ClFN2O. The standard InChI is InChI=1S/C12H16ClFN2O/c1-8-6-10(13)9(7-11(8)14)12(17)16(2)5-3-4-15/h6-7H,3-5,15H2,1-2H3. The summed E-state index contributed by atoms with van der Waals surface area (Å²) >= 11 is 5.94. The zero-order valence-corrected chi connectivity index (χ0v) is 10.7. The van der Waals surface area contributed by atoms with Gasteiger partial charge in [0.25, 0.3) is 5.91 Å². The lowest BCUT2D eigenvalue weighted by Crippen LogP contribution is -2.29. The van der Waals surface area contributed by atoms with E-state index in [0.29, 0.717) is 25.1 Å². The highest BCUT2D eigenvalue weighted by Gasteiger charge is 2.16. The SMILES string of the molecule is Cc1cc(Cl)c(C(=O)N(C)CCCN)cc1F. The summed E-state index contributed by atoms with van der Waals surface area (Å²) in [5.41, 5.74) is 5.98. The van der Waals surface area contributed by atoms with Gasteiger partial charge in [-0.05, 0) is 37.6 Å². The van der Waals surface area contributed by atoms with Crippen molar-refractivity contribution in [1.82, 2.24) is 4.90 Å². The van der Waals surface area contributed by atoms with Crippen LogP contribution in [0.15, 0.2) is 12.1 Å². The monoisotopic (exact) mass is 258 g/mol. The van der Waals surface area contributed by atoms with Crippen LogP contribution in [0.25, 0.3) is 0 Å². The largest absolute Gasteiger partial charge is 0.342 e. The molecule has 1 aromatic rings. The van der Waals surface area contributed by atoms with Gasteiger partial charge in [0, 0.05) is 13.6 Å². The van der Waals surface area contributed by atoms with Gasteiger partial charge in [0.2, 0.25) is 0 Å². The molecule has 1 amide bonds. The van der Waals surface area contributed by atoms with E-state index in [-0.39, 0.29) is 16.5 Å². The number of carbonyl (C=O) groups is 1. The minimum atomic E-state index is -0.426. The number of nitrogens with zero attached hydrogens (tertiary/aromatic N) is 1. The number of amides is 1.